The SMILES string of the molecule is CC=CC(=O)OCC(=O)Nc1ccccc1Sc1ccccc1. The van der Waals surface area contributed by atoms with Crippen molar-refractivity contribution in [3.63, 3.8) is 0 Å². The molecular weight excluding hydrogens is 310 g/mol. The molecule has 0 fully saturated rings. The lowest BCUT2D eigenvalue weighted by Crippen LogP contribution is -2.20. The lowest BCUT2D eigenvalue weighted by molar-refractivity contribution is -0.142. The van der Waals surface area contributed by atoms with E-state index in [1.165, 1.54) is 6.08 Å². The number of benzene rings is 2. The van der Waals surface area contributed by atoms with Crippen LogP contribution in [0.5, 0.6) is 0 Å². The third-order valence-corrected chi connectivity index (χ3v) is 3.86. The highest BCUT2D eigenvalue weighted by Crippen LogP contribution is 2.33. The normalized spacial score (nSPS) is 10.5. The van der Waals surface area contributed by atoms with Gasteiger partial charge in [-0.25, -0.2) is 4.79 Å². The van der Waals surface area contributed by atoms with E-state index in [0.717, 1.165) is 9.79 Å². The first-order valence-electron chi connectivity index (χ1n) is 7.10. The summed E-state index contributed by atoms with van der Waals surface area (Å²) in [6, 6.07) is 17.4. The minimum atomic E-state index is -0.533. The fourth-order valence-electron chi connectivity index (χ4n) is 1.78. The van der Waals surface area contributed by atoms with Gasteiger partial charge >= 0.3 is 5.97 Å². The summed E-state index contributed by atoms with van der Waals surface area (Å²) in [5.41, 5.74) is 0.688. The molecule has 4 nitrogen and oxygen atoms in total. The number of nitrogens with one attached hydrogen (secondary N) is 1. The number of carbonyl (C=O) groups excluding carboxylic acids is 2. The lowest BCUT2D eigenvalue weighted by atomic mass is 10.3. The van der Waals surface area contributed by atoms with Crippen LogP contribution in [0.1, 0.15) is 6.92 Å². The Bertz CT molecular complexity index is 698. The van der Waals surface area contributed by atoms with Gasteiger partial charge in [0.25, 0.3) is 5.91 Å². The Morgan fingerprint density at radius 3 is 2.52 bits per heavy atom. The van der Waals surface area contributed by atoms with Crippen LogP contribution in [0.3, 0.4) is 0 Å². The molecule has 0 aromatic heterocycles. The van der Waals surface area contributed by atoms with Crippen molar-refractivity contribution in [1.29, 1.82) is 0 Å². The summed E-state index contributed by atoms with van der Waals surface area (Å²) in [6.07, 6.45) is 2.83. The van der Waals surface area contributed by atoms with Gasteiger partial charge in [0.05, 0.1) is 5.69 Å². The molecule has 23 heavy (non-hydrogen) atoms. The number of amides is 1. The van der Waals surface area contributed by atoms with Gasteiger partial charge in [-0.05, 0) is 31.2 Å². The van der Waals surface area contributed by atoms with Crippen molar-refractivity contribution in [2.45, 2.75) is 16.7 Å². The van der Waals surface area contributed by atoms with Crippen LogP contribution in [-0.2, 0) is 14.3 Å². The van der Waals surface area contributed by atoms with E-state index in [1.807, 2.05) is 54.6 Å². The molecule has 0 aliphatic carbocycles. The number of rotatable bonds is 6. The smallest absolute Gasteiger partial charge is 0.330 e. The minimum Gasteiger partial charge on any atom is -0.452 e. The van der Waals surface area contributed by atoms with Gasteiger partial charge < -0.3 is 10.1 Å². The zero-order valence-electron chi connectivity index (χ0n) is 12.7. The molecule has 5 heteroatoms. The van der Waals surface area contributed by atoms with Gasteiger partial charge in [0, 0.05) is 15.9 Å². The molecule has 0 radical (unpaired) electrons. The van der Waals surface area contributed by atoms with Gasteiger partial charge in [-0.1, -0.05) is 48.2 Å². The molecule has 0 bridgehead atoms. The quantitative estimate of drug-likeness (QED) is 0.646. The Labute approximate surface area is 139 Å². The molecule has 1 N–H and O–H groups in total. The maximum atomic E-state index is 11.9. The van der Waals surface area contributed by atoms with Crippen molar-refractivity contribution in [2.24, 2.45) is 0 Å². The Kier molecular flexibility index (Phi) is 6.44. The summed E-state index contributed by atoms with van der Waals surface area (Å²) in [6.45, 7) is 1.39. The molecular formula is C18H17NO3S. The number of para-hydroxylation sites is 1. The second-order valence-electron chi connectivity index (χ2n) is 4.57. The molecule has 0 atom stereocenters. The number of hydrogen-bond acceptors (Lipinski definition) is 4. The van der Waals surface area contributed by atoms with Crippen LogP contribution in [0, 0.1) is 0 Å². The summed E-state index contributed by atoms with van der Waals surface area (Å²) < 4.78 is 4.83. The maximum Gasteiger partial charge on any atom is 0.330 e. The average molecular weight is 327 g/mol. The molecule has 1 amide bonds. The van der Waals surface area contributed by atoms with E-state index >= 15 is 0 Å². The second-order valence-corrected chi connectivity index (χ2v) is 5.68. The predicted octanol–water partition coefficient (Wildman–Crippen LogP) is 3.90. The number of carbonyl (C=O) groups is 2. The fraction of sp³-hybridized carbons (Fsp3) is 0.111. The zero-order valence-corrected chi connectivity index (χ0v) is 13.5. The molecule has 0 unspecified atom stereocenters. The minimum absolute atomic E-state index is 0.312. The number of anilines is 1. The van der Waals surface area contributed by atoms with Crippen molar-refractivity contribution in [3.05, 3.63) is 66.7 Å². The maximum absolute atomic E-state index is 11.9. The van der Waals surface area contributed by atoms with Gasteiger partial charge in [-0.3, -0.25) is 4.79 Å². The Morgan fingerprint density at radius 2 is 1.78 bits per heavy atom. The first-order valence-corrected chi connectivity index (χ1v) is 7.92. The van der Waals surface area contributed by atoms with Crippen LogP contribution in [-0.4, -0.2) is 18.5 Å². The van der Waals surface area contributed by atoms with Crippen LogP contribution >= 0.6 is 11.8 Å². The second kappa shape index (κ2) is 8.80. The van der Waals surface area contributed by atoms with Crippen molar-refractivity contribution in [3.8, 4) is 0 Å². The Morgan fingerprint density at radius 1 is 1.09 bits per heavy atom. The third kappa shape index (κ3) is 5.64. The fourth-order valence-corrected chi connectivity index (χ4v) is 2.70. The monoisotopic (exact) mass is 327 g/mol. The molecule has 0 saturated carbocycles. The van der Waals surface area contributed by atoms with E-state index in [0.29, 0.717) is 5.69 Å². The highest BCUT2D eigenvalue weighted by atomic mass is 32.2. The molecule has 2 aromatic rings. The van der Waals surface area contributed by atoms with E-state index in [4.69, 9.17) is 4.74 Å². The van der Waals surface area contributed by atoms with Crippen LogP contribution in [0.25, 0.3) is 0 Å². The van der Waals surface area contributed by atoms with Crippen molar-refractivity contribution in [2.75, 3.05) is 11.9 Å². The highest BCUT2D eigenvalue weighted by Gasteiger charge is 2.09. The molecule has 0 aliphatic rings. The summed E-state index contributed by atoms with van der Waals surface area (Å²) in [4.78, 5) is 25.1. The summed E-state index contributed by atoms with van der Waals surface area (Å²) >= 11 is 1.56. The lowest BCUT2D eigenvalue weighted by Gasteiger charge is -2.10. The van der Waals surface area contributed by atoms with Gasteiger partial charge in [0.15, 0.2) is 6.61 Å². The largest absolute Gasteiger partial charge is 0.452 e. The van der Waals surface area contributed by atoms with E-state index in [9.17, 15) is 9.59 Å². The Balaban J connectivity index is 2.00. The Hall–Kier alpha value is -2.53. The average Bonchev–Trinajstić information content (AvgIpc) is 2.56. The van der Waals surface area contributed by atoms with Crippen molar-refractivity contribution >= 4 is 29.3 Å². The number of allylic oxidation sites excluding steroid dienone is 1. The van der Waals surface area contributed by atoms with Gasteiger partial charge in [-0.15, -0.1) is 0 Å². The van der Waals surface area contributed by atoms with Crippen LogP contribution in [0.2, 0.25) is 0 Å². The molecule has 2 rings (SSSR count). The third-order valence-electron chi connectivity index (χ3n) is 2.78. The van der Waals surface area contributed by atoms with Crippen molar-refractivity contribution in [1.82, 2.24) is 0 Å². The molecule has 0 aliphatic heterocycles. The summed E-state index contributed by atoms with van der Waals surface area (Å²) in [7, 11) is 0. The van der Waals surface area contributed by atoms with E-state index in [-0.39, 0.29) is 12.5 Å². The molecule has 2 aromatic carbocycles. The highest BCUT2D eigenvalue weighted by molar-refractivity contribution is 7.99. The number of hydrogen-bond donors (Lipinski definition) is 1. The first kappa shape index (κ1) is 16.8. The van der Waals surface area contributed by atoms with E-state index < -0.39 is 5.97 Å². The predicted molar refractivity (Wildman–Crippen MR) is 91.4 cm³/mol. The van der Waals surface area contributed by atoms with Crippen LogP contribution < -0.4 is 5.32 Å². The topological polar surface area (TPSA) is 55.4 Å². The van der Waals surface area contributed by atoms with Crippen LogP contribution in [0.4, 0.5) is 5.69 Å². The van der Waals surface area contributed by atoms with Gasteiger partial charge in [0.2, 0.25) is 0 Å². The van der Waals surface area contributed by atoms with Crippen LogP contribution in [0.15, 0.2) is 76.5 Å². The molecule has 0 spiro atoms. The summed E-state index contributed by atoms with van der Waals surface area (Å²) in [5, 5.41) is 2.77. The van der Waals surface area contributed by atoms with E-state index in [1.54, 1.807) is 24.8 Å². The molecule has 0 saturated heterocycles. The first-order chi connectivity index (χ1) is 11.2. The van der Waals surface area contributed by atoms with Gasteiger partial charge in [0.1, 0.15) is 0 Å². The molecule has 118 valence electrons. The molecule has 0 heterocycles. The number of ether oxygens (including phenoxy) is 1. The summed E-state index contributed by atoms with van der Waals surface area (Å²) in [5.74, 6) is -0.904. The van der Waals surface area contributed by atoms with E-state index in [2.05, 4.69) is 5.32 Å². The number of esters is 1. The van der Waals surface area contributed by atoms with Gasteiger partial charge in [-0.2, -0.15) is 0 Å². The standard InChI is InChI=1S/C18H17NO3S/c1-2-8-18(21)22-13-17(20)19-15-11-6-7-12-16(15)23-14-9-4-3-5-10-14/h2-12H,13H2,1H3,(H,19,20). The van der Waals surface area contributed by atoms with Crippen molar-refractivity contribution < 1.29 is 14.3 Å². The zero-order chi connectivity index (χ0) is 16.5.